The molecule has 4 rings (SSSR count). The van der Waals surface area contributed by atoms with E-state index in [0.717, 1.165) is 42.0 Å². The average Bonchev–Trinajstić information content (AvgIpc) is 3.01. The van der Waals surface area contributed by atoms with Crippen molar-refractivity contribution in [2.45, 2.75) is 69.4 Å². The van der Waals surface area contributed by atoms with Crippen molar-refractivity contribution in [2.75, 3.05) is 24.0 Å². The van der Waals surface area contributed by atoms with Crippen LogP contribution in [0.1, 0.15) is 51.5 Å². The first-order valence-electron chi connectivity index (χ1n) is 14.8. The zero-order valence-corrected chi connectivity index (χ0v) is 26.3. The van der Waals surface area contributed by atoms with Gasteiger partial charge in [-0.2, -0.15) is 0 Å². The van der Waals surface area contributed by atoms with Crippen LogP contribution in [0.5, 0.6) is 5.75 Å². The molecule has 0 radical (unpaired) electrons. The molecule has 43 heavy (non-hydrogen) atoms. The first kappa shape index (κ1) is 32.4. The fourth-order valence-electron chi connectivity index (χ4n) is 5.28. The molecule has 1 aliphatic carbocycles. The fourth-order valence-corrected chi connectivity index (χ4v) is 6.82. The Labute approximate surface area is 260 Å². The minimum atomic E-state index is -4.17. The topological polar surface area (TPSA) is 96.0 Å². The van der Waals surface area contributed by atoms with Gasteiger partial charge in [-0.1, -0.05) is 61.2 Å². The number of sulfonamides is 1. The van der Waals surface area contributed by atoms with Gasteiger partial charge in [0.05, 0.1) is 17.2 Å². The lowest BCUT2D eigenvalue weighted by Crippen LogP contribution is -2.53. The molecule has 230 valence electrons. The van der Waals surface area contributed by atoms with Crippen molar-refractivity contribution in [3.63, 3.8) is 0 Å². The summed E-state index contributed by atoms with van der Waals surface area (Å²) >= 11 is 6.03. The number of ether oxygens (including phenoxy) is 1. The van der Waals surface area contributed by atoms with Crippen molar-refractivity contribution < 1.29 is 22.7 Å². The molecule has 0 saturated heterocycles. The summed E-state index contributed by atoms with van der Waals surface area (Å²) in [6, 6.07) is 21.4. The molecule has 0 unspecified atom stereocenters. The Morgan fingerprint density at radius 3 is 2.23 bits per heavy atom. The maximum Gasteiger partial charge on any atom is 0.264 e. The second-order valence-electron chi connectivity index (χ2n) is 10.7. The van der Waals surface area contributed by atoms with E-state index in [9.17, 15) is 18.0 Å². The Hall–Kier alpha value is -3.56. The highest BCUT2D eigenvalue weighted by Crippen LogP contribution is 2.27. The van der Waals surface area contributed by atoms with E-state index in [2.05, 4.69) is 5.32 Å². The molecule has 3 aromatic rings. The molecule has 8 nitrogen and oxygen atoms in total. The number of halogens is 1. The van der Waals surface area contributed by atoms with E-state index < -0.39 is 28.5 Å². The van der Waals surface area contributed by atoms with E-state index >= 15 is 0 Å². The van der Waals surface area contributed by atoms with Crippen molar-refractivity contribution in [1.82, 2.24) is 10.2 Å². The number of hydrogen-bond acceptors (Lipinski definition) is 5. The zero-order chi connectivity index (χ0) is 30.8. The Balaban J connectivity index is 1.64. The van der Waals surface area contributed by atoms with Crippen molar-refractivity contribution in [2.24, 2.45) is 0 Å². The summed E-state index contributed by atoms with van der Waals surface area (Å²) in [4.78, 5) is 29.0. The molecule has 2 amide bonds. The van der Waals surface area contributed by atoms with Gasteiger partial charge >= 0.3 is 0 Å². The van der Waals surface area contributed by atoms with Crippen LogP contribution in [0.15, 0.2) is 83.8 Å². The molecule has 0 aromatic heterocycles. The lowest BCUT2D eigenvalue weighted by Gasteiger charge is -2.33. The van der Waals surface area contributed by atoms with Crippen LogP contribution in [0.4, 0.5) is 5.69 Å². The molecule has 1 N–H and O–H groups in total. The van der Waals surface area contributed by atoms with Crippen molar-refractivity contribution in [3.8, 4) is 5.75 Å². The average molecular weight is 626 g/mol. The van der Waals surface area contributed by atoms with E-state index in [1.165, 1.54) is 29.2 Å². The van der Waals surface area contributed by atoms with Crippen LogP contribution >= 0.6 is 11.6 Å². The SMILES string of the molecule is CCOc1ccc(N(CC(=O)N(CCc2ccccc2)[C@H](C)C(=O)NC2CCCCC2)S(=O)(=O)c2ccc(Cl)cc2)cc1. The fraction of sp³-hybridized carbons (Fsp3) is 0.394. The maximum absolute atomic E-state index is 14.1. The van der Waals surface area contributed by atoms with Gasteiger partial charge in [0.2, 0.25) is 11.8 Å². The molecular weight excluding hydrogens is 586 g/mol. The first-order chi connectivity index (χ1) is 20.7. The van der Waals surface area contributed by atoms with Gasteiger partial charge in [0, 0.05) is 17.6 Å². The number of nitrogens with one attached hydrogen (secondary N) is 1. The lowest BCUT2D eigenvalue weighted by atomic mass is 9.95. The highest BCUT2D eigenvalue weighted by atomic mass is 35.5. The van der Waals surface area contributed by atoms with Gasteiger partial charge in [-0.25, -0.2) is 8.42 Å². The number of carbonyl (C=O) groups is 2. The zero-order valence-electron chi connectivity index (χ0n) is 24.7. The van der Waals surface area contributed by atoms with Gasteiger partial charge in [0.15, 0.2) is 0 Å². The van der Waals surface area contributed by atoms with Crippen LogP contribution in [-0.2, 0) is 26.0 Å². The number of carbonyl (C=O) groups excluding carboxylic acids is 2. The van der Waals surface area contributed by atoms with Crippen molar-refractivity contribution in [3.05, 3.63) is 89.4 Å². The first-order valence-corrected chi connectivity index (χ1v) is 16.7. The summed E-state index contributed by atoms with van der Waals surface area (Å²) in [6.45, 7) is 3.78. The molecule has 0 bridgehead atoms. The Morgan fingerprint density at radius 1 is 0.953 bits per heavy atom. The standard InChI is InChI=1S/C33H40ClN3O5S/c1-3-42-30-18-16-29(17-19-30)37(43(40,41)31-20-14-27(34)15-21-31)24-32(38)36(23-22-26-10-6-4-7-11-26)25(2)33(39)35-28-12-8-5-9-13-28/h4,6-7,10-11,14-21,25,28H,3,5,8-9,12-13,22-24H2,1-2H3,(H,35,39)/t25-/m1/s1. The smallest absolute Gasteiger partial charge is 0.264 e. The van der Waals surface area contributed by atoms with E-state index in [0.29, 0.717) is 29.5 Å². The molecule has 1 saturated carbocycles. The van der Waals surface area contributed by atoms with Crippen molar-refractivity contribution in [1.29, 1.82) is 0 Å². The minimum absolute atomic E-state index is 0.00231. The third-order valence-electron chi connectivity index (χ3n) is 7.72. The maximum atomic E-state index is 14.1. The summed E-state index contributed by atoms with van der Waals surface area (Å²) < 4.78 is 34.5. The molecule has 0 aliphatic heterocycles. The number of rotatable bonds is 13. The number of benzene rings is 3. The van der Waals surface area contributed by atoms with Gasteiger partial charge in [-0.3, -0.25) is 13.9 Å². The lowest BCUT2D eigenvalue weighted by molar-refractivity contribution is -0.139. The highest BCUT2D eigenvalue weighted by molar-refractivity contribution is 7.92. The van der Waals surface area contributed by atoms with Gasteiger partial charge in [0.25, 0.3) is 10.0 Å². The molecule has 1 atom stereocenters. The summed E-state index contributed by atoms with van der Waals surface area (Å²) in [6.07, 6.45) is 5.64. The van der Waals surface area contributed by atoms with Gasteiger partial charge in [-0.05, 0) is 87.2 Å². The number of hydrogen-bond donors (Lipinski definition) is 1. The van der Waals surface area contributed by atoms with E-state index in [1.807, 2.05) is 37.3 Å². The van der Waals surface area contributed by atoms with Crippen molar-refractivity contribution >= 4 is 39.1 Å². The second-order valence-corrected chi connectivity index (χ2v) is 13.0. The van der Waals surface area contributed by atoms with Gasteiger partial charge < -0.3 is 15.0 Å². The predicted octanol–water partition coefficient (Wildman–Crippen LogP) is 5.84. The van der Waals surface area contributed by atoms with E-state index in [1.54, 1.807) is 31.2 Å². The van der Waals surface area contributed by atoms with Crippen LogP contribution in [0, 0.1) is 0 Å². The minimum Gasteiger partial charge on any atom is -0.494 e. The summed E-state index contributed by atoms with van der Waals surface area (Å²) in [5.74, 6) is -0.131. The van der Waals surface area contributed by atoms with Crippen LogP contribution in [0.3, 0.4) is 0 Å². The summed E-state index contributed by atoms with van der Waals surface area (Å²) in [5, 5.41) is 3.52. The molecule has 0 heterocycles. The largest absolute Gasteiger partial charge is 0.494 e. The predicted molar refractivity (Wildman–Crippen MR) is 170 cm³/mol. The molecule has 1 aliphatic rings. The van der Waals surface area contributed by atoms with Gasteiger partial charge in [0.1, 0.15) is 18.3 Å². The monoisotopic (exact) mass is 625 g/mol. The highest BCUT2D eigenvalue weighted by Gasteiger charge is 2.33. The molecular formula is C33H40ClN3O5S. The molecule has 0 spiro atoms. The molecule has 10 heteroatoms. The van der Waals surface area contributed by atoms with E-state index in [-0.39, 0.29) is 23.4 Å². The molecule has 1 fully saturated rings. The Kier molecular flexibility index (Phi) is 11.5. The van der Waals surface area contributed by atoms with E-state index in [4.69, 9.17) is 16.3 Å². The normalized spacial score (nSPS) is 14.5. The number of amides is 2. The van der Waals surface area contributed by atoms with Crippen LogP contribution in [-0.4, -0.2) is 56.9 Å². The summed E-state index contributed by atoms with van der Waals surface area (Å²) in [5.41, 5.74) is 1.31. The third-order valence-corrected chi connectivity index (χ3v) is 9.76. The van der Waals surface area contributed by atoms with Crippen LogP contribution < -0.4 is 14.4 Å². The second kappa shape index (κ2) is 15.3. The summed E-state index contributed by atoms with van der Waals surface area (Å²) in [7, 11) is -4.17. The number of nitrogens with zero attached hydrogens (tertiary/aromatic N) is 2. The Bertz CT molecular complexity index is 1440. The van der Waals surface area contributed by atoms with Gasteiger partial charge in [-0.15, -0.1) is 0 Å². The van der Waals surface area contributed by atoms with Crippen LogP contribution in [0.25, 0.3) is 0 Å². The Morgan fingerprint density at radius 2 is 1.60 bits per heavy atom. The molecule has 3 aromatic carbocycles. The quantitative estimate of drug-likeness (QED) is 0.257. The third kappa shape index (κ3) is 8.74. The number of anilines is 1. The van der Waals surface area contributed by atoms with Crippen LogP contribution in [0.2, 0.25) is 5.02 Å².